The maximum Gasteiger partial charge on any atom is 0.251 e. The molecule has 96 valence electrons. The van der Waals surface area contributed by atoms with Crippen molar-refractivity contribution in [1.82, 2.24) is 9.97 Å². The third-order valence-corrected chi connectivity index (χ3v) is 3.57. The standard InChI is InChI=1S/C12H21N3OS/c1-4-5-9-6-11(16)15-12(14-9)17-7-10(13)8(2)3/h6,8,10H,4-5,7,13H2,1-3H3,(H,14,15,16). The highest BCUT2D eigenvalue weighted by Gasteiger charge is 2.09. The van der Waals surface area contributed by atoms with Crippen molar-refractivity contribution in [3.63, 3.8) is 0 Å². The summed E-state index contributed by atoms with van der Waals surface area (Å²) in [7, 11) is 0. The van der Waals surface area contributed by atoms with Crippen LogP contribution in [0.1, 0.15) is 32.9 Å². The minimum absolute atomic E-state index is 0.0796. The highest BCUT2D eigenvalue weighted by Crippen LogP contribution is 2.15. The number of thioether (sulfide) groups is 1. The first kappa shape index (κ1) is 14.3. The van der Waals surface area contributed by atoms with Gasteiger partial charge >= 0.3 is 0 Å². The molecule has 1 unspecified atom stereocenters. The molecule has 1 aromatic rings. The molecule has 1 aromatic heterocycles. The molecule has 0 saturated heterocycles. The summed E-state index contributed by atoms with van der Waals surface area (Å²) in [5.74, 6) is 1.21. The topological polar surface area (TPSA) is 71.8 Å². The SMILES string of the molecule is CCCc1cc(=O)[nH]c(SCC(N)C(C)C)n1. The Morgan fingerprint density at radius 2 is 2.24 bits per heavy atom. The van der Waals surface area contributed by atoms with Crippen molar-refractivity contribution in [3.8, 4) is 0 Å². The van der Waals surface area contributed by atoms with Crippen molar-refractivity contribution in [2.24, 2.45) is 11.7 Å². The van der Waals surface area contributed by atoms with Gasteiger partial charge in [-0.15, -0.1) is 0 Å². The predicted octanol–water partition coefficient (Wildman–Crippen LogP) is 1.80. The normalized spacial score (nSPS) is 13.0. The number of rotatable bonds is 6. The monoisotopic (exact) mass is 255 g/mol. The zero-order chi connectivity index (χ0) is 12.8. The molecule has 0 bridgehead atoms. The number of aromatic nitrogens is 2. The van der Waals surface area contributed by atoms with E-state index in [2.05, 4.69) is 30.7 Å². The Balaban J connectivity index is 2.67. The molecule has 1 heterocycles. The predicted molar refractivity (Wildman–Crippen MR) is 72.4 cm³/mol. The van der Waals surface area contributed by atoms with Crippen molar-refractivity contribution >= 4 is 11.8 Å². The van der Waals surface area contributed by atoms with Crippen LogP contribution in [0.2, 0.25) is 0 Å². The second-order valence-corrected chi connectivity index (χ2v) is 5.52. The maximum absolute atomic E-state index is 11.4. The molecule has 17 heavy (non-hydrogen) atoms. The average Bonchev–Trinajstić information content (AvgIpc) is 2.25. The lowest BCUT2D eigenvalue weighted by molar-refractivity contribution is 0.535. The summed E-state index contributed by atoms with van der Waals surface area (Å²) in [5, 5.41) is 0.678. The van der Waals surface area contributed by atoms with E-state index >= 15 is 0 Å². The number of aromatic amines is 1. The molecular weight excluding hydrogens is 234 g/mol. The van der Waals surface area contributed by atoms with Crippen molar-refractivity contribution in [2.45, 2.75) is 44.8 Å². The van der Waals surface area contributed by atoms with E-state index in [9.17, 15) is 4.79 Å². The molecule has 0 saturated carbocycles. The van der Waals surface area contributed by atoms with Gasteiger partial charge in [-0.2, -0.15) is 0 Å². The molecule has 1 rings (SSSR count). The third-order valence-electron chi connectivity index (χ3n) is 2.55. The fourth-order valence-electron chi connectivity index (χ4n) is 1.30. The first-order chi connectivity index (χ1) is 8.02. The van der Waals surface area contributed by atoms with Crippen LogP contribution < -0.4 is 11.3 Å². The fraction of sp³-hybridized carbons (Fsp3) is 0.667. The first-order valence-electron chi connectivity index (χ1n) is 6.01. The molecule has 3 N–H and O–H groups in total. The van der Waals surface area contributed by atoms with E-state index in [-0.39, 0.29) is 11.6 Å². The lowest BCUT2D eigenvalue weighted by Gasteiger charge is -2.14. The number of nitrogens with two attached hydrogens (primary N) is 1. The summed E-state index contributed by atoms with van der Waals surface area (Å²) in [6, 6.07) is 1.69. The molecule has 5 heteroatoms. The number of nitrogens with zero attached hydrogens (tertiary/aromatic N) is 1. The summed E-state index contributed by atoms with van der Waals surface area (Å²) in [4.78, 5) is 18.6. The molecule has 0 aliphatic rings. The highest BCUT2D eigenvalue weighted by atomic mass is 32.2. The van der Waals surface area contributed by atoms with Gasteiger partial charge in [-0.05, 0) is 12.3 Å². The van der Waals surface area contributed by atoms with Gasteiger partial charge in [-0.25, -0.2) is 4.98 Å². The van der Waals surface area contributed by atoms with E-state index in [0.29, 0.717) is 11.1 Å². The van der Waals surface area contributed by atoms with Gasteiger partial charge in [0.05, 0.1) is 0 Å². The highest BCUT2D eigenvalue weighted by molar-refractivity contribution is 7.99. The molecule has 0 aliphatic heterocycles. The van der Waals surface area contributed by atoms with Crippen LogP contribution in [0.4, 0.5) is 0 Å². The van der Waals surface area contributed by atoms with Gasteiger partial charge in [0.2, 0.25) is 0 Å². The molecule has 1 atom stereocenters. The molecular formula is C12H21N3OS. The molecule has 0 spiro atoms. The van der Waals surface area contributed by atoms with Crippen LogP contribution in [0, 0.1) is 5.92 Å². The molecule has 0 amide bonds. The van der Waals surface area contributed by atoms with E-state index < -0.39 is 0 Å². The Labute approximate surface area is 106 Å². The lowest BCUT2D eigenvalue weighted by Crippen LogP contribution is -2.29. The van der Waals surface area contributed by atoms with Crippen LogP contribution in [-0.2, 0) is 6.42 Å². The summed E-state index contributed by atoms with van der Waals surface area (Å²) < 4.78 is 0. The maximum atomic E-state index is 11.4. The zero-order valence-electron chi connectivity index (χ0n) is 10.7. The van der Waals surface area contributed by atoms with Crippen LogP contribution in [0.15, 0.2) is 16.0 Å². The van der Waals surface area contributed by atoms with Gasteiger partial charge in [0.15, 0.2) is 5.16 Å². The van der Waals surface area contributed by atoms with E-state index in [1.54, 1.807) is 6.07 Å². The number of aryl methyl sites for hydroxylation is 1. The van der Waals surface area contributed by atoms with E-state index in [1.165, 1.54) is 11.8 Å². The number of nitrogens with one attached hydrogen (secondary N) is 1. The van der Waals surface area contributed by atoms with Gasteiger partial charge in [-0.1, -0.05) is 39.0 Å². The van der Waals surface area contributed by atoms with Gasteiger partial charge in [-0.3, -0.25) is 4.79 Å². The van der Waals surface area contributed by atoms with Crippen LogP contribution in [0.3, 0.4) is 0 Å². The lowest BCUT2D eigenvalue weighted by atomic mass is 10.1. The molecule has 0 fully saturated rings. The quantitative estimate of drug-likeness (QED) is 0.600. The van der Waals surface area contributed by atoms with E-state index in [0.717, 1.165) is 24.3 Å². The smallest absolute Gasteiger partial charge is 0.251 e. The van der Waals surface area contributed by atoms with E-state index in [4.69, 9.17) is 5.73 Å². The molecule has 0 aromatic carbocycles. The van der Waals surface area contributed by atoms with Crippen LogP contribution in [-0.4, -0.2) is 21.8 Å². The van der Waals surface area contributed by atoms with Gasteiger partial charge in [0.25, 0.3) is 5.56 Å². The Bertz CT molecular complexity index is 403. The number of H-pyrrole nitrogens is 1. The fourth-order valence-corrected chi connectivity index (χ4v) is 2.39. The van der Waals surface area contributed by atoms with Crippen molar-refractivity contribution in [3.05, 3.63) is 22.1 Å². The van der Waals surface area contributed by atoms with E-state index in [1.807, 2.05) is 0 Å². The zero-order valence-corrected chi connectivity index (χ0v) is 11.5. The van der Waals surface area contributed by atoms with Gasteiger partial charge < -0.3 is 10.7 Å². The summed E-state index contributed by atoms with van der Waals surface area (Å²) in [5.41, 5.74) is 6.74. The Morgan fingerprint density at radius 3 is 2.82 bits per heavy atom. The Morgan fingerprint density at radius 1 is 1.53 bits per heavy atom. The van der Waals surface area contributed by atoms with Crippen molar-refractivity contribution < 1.29 is 0 Å². The average molecular weight is 255 g/mol. The van der Waals surface area contributed by atoms with Crippen molar-refractivity contribution in [2.75, 3.05) is 5.75 Å². The van der Waals surface area contributed by atoms with Crippen molar-refractivity contribution in [1.29, 1.82) is 0 Å². The van der Waals surface area contributed by atoms with Crippen LogP contribution >= 0.6 is 11.8 Å². The minimum Gasteiger partial charge on any atom is -0.327 e. The molecule has 0 radical (unpaired) electrons. The number of hydrogen-bond acceptors (Lipinski definition) is 4. The third kappa shape index (κ3) is 4.91. The Hall–Kier alpha value is -0.810. The van der Waals surface area contributed by atoms with Crippen LogP contribution in [0.5, 0.6) is 0 Å². The largest absolute Gasteiger partial charge is 0.327 e. The minimum atomic E-state index is -0.0796. The summed E-state index contributed by atoms with van der Waals surface area (Å²) >= 11 is 1.52. The van der Waals surface area contributed by atoms with Gasteiger partial charge in [0.1, 0.15) is 0 Å². The second-order valence-electron chi connectivity index (χ2n) is 4.51. The Kier molecular flexibility index (Phi) is 5.71. The first-order valence-corrected chi connectivity index (χ1v) is 7.00. The summed E-state index contributed by atoms with van der Waals surface area (Å²) in [6.07, 6.45) is 1.83. The molecule has 4 nitrogen and oxygen atoms in total. The summed E-state index contributed by atoms with van der Waals surface area (Å²) in [6.45, 7) is 6.26. The van der Waals surface area contributed by atoms with Crippen LogP contribution in [0.25, 0.3) is 0 Å². The molecule has 0 aliphatic carbocycles. The number of hydrogen-bond donors (Lipinski definition) is 2. The second kappa shape index (κ2) is 6.81. The van der Waals surface area contributed by atoms with Gasteiger partial charge in [0, 0.05) is 23.6 Å².